The fourth-order valence-corrected chi connectivity index (χ4v) is 3.33. The molecule has 1 aliphatic heterocycles. The van der Waals surface area contributed by atoms with Crippen LogP contribution in [-0.4, -0.2) is 34.8 Å². The maximum Gasteiger partial charge on any atom is 0.258 e. The van der Waals surface area contributed by atoms with Gasteiger partial charge >= 0.3 is 0 Å². The maximum atomic E-state index is 12.9. The molecule has 0 spiro atoms. The number of rotatable bonds is 7. The fraction of sp³-hybridized carbons (Fsp3) is 0.227. The third kappa shape index (κ3) is 4.45. The van der Waals surface area contributed by atoms with Crippen molar-refractivity contribution in [3.63, 3.8) is 0 Å². The summed E-state index contributed by atoms with van der Waals surface area (Å²) in [5.41, 5.74) is 2.46. The molecule has 3 aromatic rings. The molecule has 1 aromatic carbocycles. The van der Waals surface area contributed by atoms with Crippen LogP contribution < -0.4 is 10.1 Å². The first kappa shape index (κ1) is 18.7. The van der Waals surface area contributed by atoms with Crippen LogP contribution in [0.3, 0.4) is 0 Å². The van der Waals surface area contributed by atoms with Gasteiger partial charge in [-0.05, 0) is 42.3 Å². The number of amides is 2. The van der Waals surface area contributed by atoms with Crippen LogP contribution in [0.5, 0.6) is 5.75 Å². The van der Waals surface area contributed by atoms with E-state index in [1.807, 2.05) is 12.1 Å². The zero-order chi connectivity index (χ0) is 20.1. The van der Waals surface area contributed by atoms with E-state index in [0.29, 0.717) is 43.1 Å². The lowest BCUT2D eigenvalue weighted by atomic mass is 9.97. The van der Waals surface area contributed by atoms with Crippen molar-refractivity contribution in [3.05, 3.63) is 83.6 Å². The van der Waals surface area contributed by atoms with E-state index >= 15 is 0 Å². The highest BCUT2D eigenvalue weighted by Gasteiger charge is 2.26. The molecule has 3 heterocycles. The molecular weight excluding hydrogens is 370 g/mol. The highest BCUT2D eigenvalue weighted by Crippen LogP contribution is 2.28. The number of pyridine rings is 1. The molecule has 4 rings (SSSR count). The number of nitrogens with one attached hydrogen (secondary N) is 1. The van der Waals surface area contributed by atoms with Crippen LogP contribution >= 0.6 is 0 Å². The molecule has 0 unspecified atom stereocenters. The van der Waals surface area contributed by atoms with Gasteiger partial charge in [0.1, 0.15) is 11.5 Å². The predicted molar refractivity (Wildman–Crippen MR) is 105 cm³/mol. The number of hydrogen-bond acceptors (Lipinski definition) is 5. The minimum Gasteiger partial charge on any atom is -0.483 e. The minimum absolute atomic E-state index is 0.0391. The van der Waals surface area contributed by atoms with Crippen molar-refractivity contribution in [2.45, 2.75) is 19.5 Å². The monoisotopic (exact) mass is 391 g/mol. The van der Waals surface area contributed by atoms with Crippen molar-refractivity contribution in [1.82, 2.24) is 15.2 Å². The van der Waals surface area contributed by atoms with Gasteiger partial charge in [0.15, 0.2) is 6.61 Å². The molecule has 0 saturated heterocycles. The van der Waals surface area contributed by atoms with Crippen LogP contribution in [0.2, 0.25) is 0 Å². The summed E-state index contributed by atoms with van der Waals surface area (Å²) in [6, 6.07) is 12.7. The van der Waals surface area contributed by atoms with E-state index in [1.54, 1.807) is 53.9 Å². The van der Waals surface area contributed by atoms with Crippen molar-refractivity contribution < 1.29 is 18.7 Å². The Labute approximate surface area is 168 Å². The molecule has 7 nitrogen and oxygen atoms in total. The van der Waals surface area contributed by atoms with Crippen molar-refractivity contribution in [2.75, 3.05) is 13.2 Å². The Balaban J connectivity index is 1.38. The second-order valence-electron chi connectivity index (χ2n) is 6.77. The molecular formula is C22H21N3O4. The Morgan fingerprint density at radius 2 is 2.14 bits per heavy atom. The molecule has 0 radical (unpaired) electrons. The fourth-order valence-electron chi connectivity index (χ4n) is 3.33. The summed E-state index contributed by atoms with van der Waals surface area (Å²) >= 11 is 0. The van der Waals surface area contributed by atoms with Gasteiger partial charge in [0, 0.05) is 36.6 Å². The number of furan rings is 1. The summed E-state index contributed by atoms with van der Waals surface area (Å²) in [6.45, 7) is 1.30. The number of fused-ring (bicyclic) bond motifs is 1. The second kappa shape index (κ2) is 8.60. The third-order valence-corrected chi connectivity index (χ3v) is 4.78. The lowest BCUT2D eigenvalue weighted by Gasteiger charge is -2.29. The number of hydrogen-bond donors (Lipinski definition) is 1. The van der Waals surface area contributed by atoms with E-state index in [9.17, 15) is 9.59 Å². The van der Waals surface area contributed by atoms with Gasteiger partial charge in [0.2, 0.25) is 0 Å². The minimum atomic E-state index is -0.251. The van der Waals surface area contributed by atoms with Gasteiger partial charge in [-0.25, -0.2) is 0 Å². The van der Waals surface area contributed by atoms with Gasteiger partial charge in [-0.2, -0.15) is 0 Å². The molecule has 0 saturated carbocycles. The topological polar surface area (TPSA) is 84.7 Å². The van der Waals surface area contributed by atoms with E-state index in [-0.39, 0.29) is 18.4 Å². The zero-order valence-corrected chi connectivity index (χ0v) is 15.8. The van der Waals surface area contributed by atoms with Crippen LogP contribution in [-0.2, 0) is 24.3 Å². The van der Waals surface area contributed by atoms with Crippen LogP contribution in [0.1, 0.15) is 27.2 Å². The molecule has 0 bridgehead atoms. The van der Waals surface area contributed by atoms with E-state index in [1.165, 1.54) is 0 Å². The standard InChI is InChI=1S/C22H21N3O4/c26-21(24-13-17-5-3-11-28-17)15-29-20-7-1-6-19-18(20)8-10-25(22(19)27)14-16-4-2-9-23-12-16/h1-7,9,11-12H,8,10,13-15H2,(H,24,26). The number of ether oxygens (including phenoxy) is 1. The lowest BCUT2D eigenvalue weighted by molar-refractivity contribution is -0.123. The van der Waals surface area contributed by atoms with E-state index < -0.39 is 0 Å². The number of nitrogens with zero attached hydrogens (tertiary/aromatic N) is 2. The maximum absolute atomic E-state index is 12.9. The van der Waals surface area contributed by atoms with Crippen molar-refractivity contribution in [2.24, 2.45) is 0 Å². The molecule has 1 N–H and O–H groups in total. The van der Waals surface area contributed by atoms with Gasteiger partial charge < -0.3 is 19.4 Å². The first-order chi connectivity index (χ1) is 14.2. The summed E-state index contributed by atoms with van der Waals surface area (Å²) in [5, 5.41) is 2.74. The summed E-state index contributed by atoms with van der Waals surface area (Å²) < 4.78 is 10.9. The van der Waals surface area contributed by atoms with E-state index in [2.05, 4.69) is 10.3 Å². The molecule has 2 aromatic heterocycles. The smallest absolute Gasteiger partial charge is 0.258 e. The Kier molecular flexibility index (Phi) is 5.56. The zero-order valence-electron chi connectivity index (χ0n) is 15.8. The molecule has 148 valence electrons. The van der Waals surface area contributed by atoms with E-state index in [0.717, 1.165) is 11.1 Å². The summed E-state index contributed by atoms with van der Waals surface area (Å²) in [4.78, 5) is 30.9. The predicted octanol–water partition coefficient (Wildman–Crippen LogP) is 2.57. The number of carbonyl (C=O) groups is 2. The van der Waals surface area contributed by atoms with E-state index in [4.69, 9.17) is 9.15 Å². The van der Waals surface area contributed by atoms with Gasteiger partial charge in [-0.3, -0.25) is 14.6 Å². The Morgan fingerprint density at radius 3 is 2.93 bits per heavy atom. The molecule has 0 atom stereocenters. The molecule has 0 fully saturated rings. The Bertz CT molecular complexity index is 987. The summed E-state index contributed by atoms with van der Waals surface area (Å²) in [6.07, 6.45) is 5.71. The van der Waals surface area contributed by atoms with Gasteiger partial charge in [-0.15, -0.1) is 0 Å². The normalized spacial score (nSPS) is 13.1. The average molecular weight is 391 g/mol. The van der Waals surface area contributed by atoms with Crippen LogP contribution in [0.4, 0.5) is 0 Å². The number of benzene rings is 1. The highest BCUT2D eigenvalue weighted by atomic mass is 16.5. The molecule has 1 aliphatic rings. The Morgan fingerprint density at radius 1 is 1.21 bits per heavy atom. The Hall–Kier alpha value is -3.61. The average Bonchev–Trinajstić information content (AvgIpc) is 3.27. The molecule has 0 aliphatic carbocycles. The van der Waals surface area contributed by atoms with Gasteiger partial charge in [0.05, 0.1) is 12.8 Å². The molecule has 29 heavy (non-hydrogen) atoms. The van der Waals surface area contributed by atoms with Crippen LogP contribution in [0, 0.1) is 0 Å². The van der Waals surface area contributed by atoms with Crippen LogP contribution in [0.15, 0.2) is 65.5 Å². The largest absolute Gasteiger partial charge is 0.483 e. The van der Waals surface area contributed by atoms with Gasteiger partial charge in [0.25, 0.3) is 11.8 Å². The second-order valence-corrected chi connectivity index (χ2v) is 6.77. The van der Waals surface area contributed by atoms with Crippen LogP contribution in [0.25, 0.3) is 0 Å². The quantitative estimate of drug-likeness (QED) is 0.669. The first-order valence-corrected chi connectivity index (χ1v) is 9.42. The summed E-state index contributed by atoms with van der Waals surface area (Å²) in [5.74, 6) is 0.960. The summed E-state index contributed by atoms with van der Waals surface area (Å²) in [7, 11) is 0. The highest BCUT2D eigenvalue weighted by molar-refractivity contribution is 5.97. The number of carbonyl (C=O) groups excluding carboxylic acids is 2. The molecule has 2 amide bonds. The third-order valence-electron chi connectivity index (χ3n) is 4.78. The van der Waals surface area contributed by atoms with Gasteiger partial charge in [-0.1, -0.05) is 12.1 Å². The van der Waals surface area contributed by atoms with Crippen molar-refractivity contribution in [3.8, 4) is 5.75 Å². The molecule has 7 heteroatoms. The van der Waals surface area contributed by atoms with Crippen molar-refractivity contribution >= 4 is 11.8 Å². The van der Waals surface area contributed by atoms with Crippen molar-refractivity contribution in [1.29, 1.82) is 0 Å². The number of aromatic nitrogens is 1. The SMILES string of the molecule is O=C(COc1cccc2c1CCN(Cc1cccnc1)C2=O)NCc1ccco1. The lowest BCUT2D eigenvalue weighted by Crippen LogP contribution is -2.37. The first-order valence-electron chi connectivity index (χ1n) is 9.42.